The van der Waals surface area contributed by atoms with Crippen molar-refractivity contribution >= 4 is 11.6 Å². The first-order valence-electron chi connectivity index (χ1n) is 3.35. The highest BCUT2D eigenvalue weighted by Crippen LogP contribution is 2.09. The predicted molar refractivity (Wildman–Crippen MR) is 44.2 cm³/mol. The summed E-state index contributed by atoms with van der Waals surface area (Å²) < 4.78 is 1.46. The van der Waals surface area contributed by atoms with Crippen molar-refractivity contribution < 1.29 is 0 Å². The van der Waals surface area contributed by atoms with Crippen LogP contribution >= 0.6 is 11.6 Å². The molecular formula is C7H5ClN4. The monoisotopic (exact) mass is 180 g/mol. The molecule has 0 spiro atoms. The van der Waals surface area contributed by atoms with Gasteiger partial charge in [-0.15, -0.1) is 0 Å². The summed E-state index contributed by atoms with van der Waals surface area (Å²) >= 11 is 5.79. The highest BCUT2D eigenvalue weighted by atomic mass is 35.5. The van der Waals surface area contributed by atoms with Crippen LogP contribution in [0.1, 0.15) is 0 Å². The van der Waals surface area contributed by atoms with Crippen molar-refractivity contribution in [3.05, 3.63) is 35.9 Å². The van der Waals surface area contributed by atoms with Crippen LogP contribution in [0.25, 0.3) is 5.95 Å². The minimum absolute atomic E-state index is 0.479. The first-order chi connectivity index (χ1) is 5.88. The van der Waals surface area contributed by atoms with E-state index in [-0.39, 0.29) is 0 Å². The van der Waals surface area contributed by atoms with Crippen LogP contribution in [0.4, 0.5) is 0 Å². The van der Waals surface area contributed by atoms with Gasteiger partial charge in [-0.2, -0.15) is 9.78 Å². The first kappa shape index (κ1) is 7.24. The third-order valence-electron chi connectivity index (χ3n) is 1.34. The van der Waals surface area contributed by atoms with Gasteiger partial charge < -0.3 is 0 Å². The van der Waals surface area contributed by atoms with E-state index in [1.807, 2.05) is 0 Å². The number of aromatic nitrogens is 4. The van der Waals surface area contributed by atoms with Crippen molar-refractivity contribution in [1.82, 2.24) is 19.7 Å². The molecule has 2 aromatic heterocycles. The fourth-order valence-electron chi connectivity index (χ4n) is 0.835. The summed E-state index contributed by atoms with van der Waals surface area (Å²) in [6, 6.07) is 3.42. The second-order valence-corrected chi connectivity index (χ2v) is 2.50. The zero-order valence-electron chi connectivity index (χ0n) is 6.05. The van der Waals surface area contributed by atoms with E-state index in [9.17, 15) is 0 Å². The van der Waals surface area contributed by atoms with Gasteiger partial charge in [-0.25, -0.2) is 9.97 Å². The standard InChI is InChI=1S/C7H5ClN4/c8-6-2-5-11-12(6)7-9-3-1-4-10-7/h1-5H. The number of nitrogens with zero attached hydrogens (tertiary/aromatic N) is 4. The molecule has 0 atom stereocenters. The molecule has 2 heterocycles. The maximum Gasteiger partial charge on any atom is 0.251 e. The summed E-state index contributed by atoms with van der Waals surface area (Å²) in [6.07, 6.45) is 4.87. The van der Waals surface area contributed by atoms with Gasteiger partial charge in [0, 0.05) is 12.4 Å². The molecule has 0 aliphatic rings. The van der Waals surface area contributed by atoms with Gasteiger partial charge in [0.15, 0.2) is 0 Å². The third kappa shape index (κ3) is 1.16. The third-order valence-corrected chi connectivity index (χ3v) is 1.62. The molecule has 0 saturated heterocycles. The van der Waals surface area contributed by atoms with Crippen LogP contribution in [-0.2, 0) is 0 Å². The second kappa shape index (κ2) is 2.91. The van der Waals surface area contributed by atoms with Crippen LogP contribution < -0.4 is 0 Å². The van der Waals surface area contributed by atoms with E-state index >= 15 is 0 Å². The Labute approximate surface area is 73.8 Å². The van der Waals surface area contributed by atoms with Crippen LogP contribution in [0.3, 0.4) is 0 Å². The molecule has 0 N–H and O–H groups in total. The van der Waals surface area contributed by atoms with E-state index in [0.29, 0.717) is 11.1 Å². The number of hydrogen-bond acceptors (Lipinski definition) is 3. The molecule has 2 rings (SSSR count). The fourth-order valence-corrected chi connectivity index (χ4v) is 1.01. The smallest absolute Gasteiger partial charge is 0.220 e. The number of halogens is 1. The highest BCUT2D eigenvalue weighted by molar-refractivity contribution is 6.29. The van der Waals surface area contributed by atoms with E-state index in [4.69, 9.17) is 11.6 Å². The molecule has 12 heavy (non-hydrogen) atoms. The Balaban J connectivity index is 2.51. The van der Waals surface area contributed by atoms with Crippen LogP contribution in [-0.4, -0.2) is 19.7 Å². The zero-order valence-corrected chi connectivity index (χ0v) is 6.81. The summed E-state index contributed by atoms with van der Waals surface area (Å²) in [5, 5.41) is 4.45. The van der Waals surface area contributed by atoms with Crippen LogP contribution in [0.15, 0.2) is 30.7 Å². The molecule has 0 saturated carbocycles. The molecular weight excluding hydrogens is 176 g/mol. The van der Waals surface area contributed by atoms with Crippen LogP contribution in [0.2, 0.25) is 5.15 Å². The van der Waals surface area contributed by atoms with Crippen LogP contribution in [0.5, 0.6) is 0 Å². The van der Waals surface area contributed by atoms with Gasteiger partial charge in [0.2, 0.25) is 0 Å². The maximum absolute atomic E-state index is 5.79. The molecule has 0 amide bonds. The lowest BCUT2D eigenvalue weighted by Crippen LogP contribution is -2.01. The fraction of sp³-hybridized carbons (Fsp3) is 0. The van der Waals surface area contributed by atoms with Crippen molar-refractivity contribution in [3.63, 3.8) is 0 Å². The van der Waals surface area contributed by atoms with Gasteiger partial charge in [0.25, 0.3) is 5.95 Å². The quantitative estimate of drug-likeness (QED) is 0.665. The summed E-state index contributed by atoms with van der Waals surface area (Å²) in [6.45, 7) is 0. The molecule has 0 fully saturated rings. The predicted octanol–water partition coefficient (Wildman–Crippen LogP) is 1.32. The van der Waals surface area contributed by atoms with Gasteiger partial charge in [0.1, 0.15) is 5.15 Å². The largest absolute Gasteiger partial charge is 0.251 e. The lowest BCUT2D eigenvalue weighted by Gasteiger charge is -1.97. The van der Waals surface area contributed by atoms with Crippen molar-refractivity contribution in [1.29, 1.82) is 0 Å². The van der Waals surface area contributed by atoms with E-state index in [2.05, 4.69) is 15.1 Å². The van der Waals surface area contributed by atoms with Crippen molar-refractivity contribution in [3.8, 4) is 5.95 Å². The molecule has 0 aliphatic heterocycles. The number of rotatable bonds is 1. The Morgan fingerprint density at radius 3 is 2.50 bits per heavy atom. The van der Waals surface area contributed by atoms with Crippen molar-refractivity contribution in [2.45, 2.75) is 0 Å². The van der Waals surface area contributed by atoms with E-state index < -0.39 is 0 Å². The van der Waals surface area contributed by atoms with E-state index in [1.54, 1.807) is 30.7 Å². The Morgan fingerprint density at radius 1 is 1.17 bits per heavy atom. The summed E-state index contributed by atoms with van der Waals surface area (Å²) in [5.41, 5.74) is 0. The molecule has 0 unspecified atom stereocenters. The molecule has 5 heteroatoms. The summed E-state index contributed by atoms with van der Waals surface area (Å²) in [5.74, 6) is 0.479. The molecule has 60 valence electrons. The average Bonchev–Trinajstić information content (AvgIpc) is 2.53. The Morgan fingerprint density at radius 2 is 1.92 bits per heavy atom. The van der Waals surface area contributed by atoms with Gasteiger partial charge in [0.05, 0.1) is 6.20 Å². The van der Waals surface area contributed by atoms with E-state index in [1.165, 1.54) is 4.68 Å². The molecule has 2 aromatic rings. The SMILES string of the molecule is Clc1ccnn1-c1ncccn1. The van der Waals surface area contributed by atoms with Gasteiger partial charge >= 0.3 is 0 Å². The highest BCUT2D eigenvalue weighted by Gasteiger charge is 2.02. The van der Waals surface area contributed by atoms with Crippen molar-refractivity contribution in [2.75, 3.05) is 0 Å². The summed E-state index contributed by atoms with van der Waals surface area (Å²) in [7, 11) is 0. The van der Waals surface area contributed by atoms with Gasteiger partial charge in [-0.05, 0) is 12.1 Å². The average molecular weight is 181 g/mol. The maximum atomic E-state index is 5.79. The molecule has 4 nitrogen and oxygen atoms in total. The Kier molecular flexibility index (Phi) is 1.75. The molecule has 0 aromatic carbocycles. The summed E-state index contributed by atoms with van der Waals surface area (Å²) in [4.78, 5) is 7.97. The first-order valence-corrected chi connectivity index (χ1v) is 3.72. The van der Waals surface area contributed by atoms with Crippen LogP contribution in [0, 0.1) is 0 Å². The minimum Gasteiger partial charge on any atom is -0.220 e. The lowest BCUT2D eigenvalue weighted by atomic mass is 10.7. The Hall–Kier alpha value is -1.42. The molecule has 0 bridgehead atoms. The normalized spacial score (nSPS) is 10.1. The second-order valence-electron chi connectivity index (χ2n) is 2.11. The molecule has 0 aliphatic carbocycles. The topological polar surface area (TPSA) is 43.6 Å². The zero-order chi connectivity index (χ0) is 8.39. The van der Waals surface area contributed by atoms with Gasteiger partial charge in [-0.1, -0.05) is 11.6 Å². The van der Waals surface area contributed by atoms with E-state index in [0.717, 1.165) is 0 Å². The number of hydrogen-bond donors (Lipinski definition) is 0. The van der Waals surface area contributed by atoms with Crippen molar-refractivity contribution in [2.24, 2.45) is 0 Å². The van der Waals surface area contributed by atoms with Gasteiger partial charge in [-0.3, -0.25) is 0 Å². The Bertz CT molecular complexity index is 370. The lowest BCUT2D eigenvalue weighted by molar-refractivity contribution is 0.809. The molecule has 0 radical (unpaired) electrons. The minimum atomic E-state index is 0.479.